The van der Waals surface area contributed by atoms with Gasteiger partial charge in [0.25, 0.3) is 5.69 Å². The van der Waals surface area contributed by atoms with E-state index in [-0.39, 0.29) is 17.6 Å². The highest BCUT2D eigenvalue weighted by atomic mass is 19.1. The Hall–Kier alpha value is -2.18. The number of carbonyl (C=O) groups excluding carboxylic acids is 1. The Morgan fingerprint density at radius 3 is 2.95 bits per heavy atom. The molecule has 1 unspecified atom stereocenters. The van der Waals surface area contributed by atoms with E-state index in [1.54, 1.807) is 11.8 Å². The van der Waals surface area contributed by atoms with Crippen LogP contribution in [0.25, 0.3) is 0 Å². The molecule has 0 aromatic heterocycles. The molecule has 21 heavy (non-hydrogen) atoms. The van der Waals surface area contributed by atoms with E-state index in [4.69, 9.17) is 4.74 Å². The minimum absolute atomic E-state index is 0.270. The van der Waals surface area contributed by atoms with Crippen LogP contribution in [0.2, 0.25) is 0 Å². The highest BCUT2D eigenvalue weighted by molar-refractivity contribution is 5.73. The van der Waals surface area contributed by atoms with Crippen molar-refractivity contribution >= 4 is 17.3 Å². The molecule has 0 amide bonds. The van der Waals surface area contributed by atoms with Crippen LogP contribution in [0.3, 0.4) is 0 Å². The van der Waals surface area contributed by atoms with Crippen LogP contribution in [-0.2, 0) is 9.53 Å². The summed E-state index contributed by atoms with van der Waals surface area (Å²) in [6.45, 7) is 3.09. The molecule has 6 nitrogen and oxygen atoms in total. The molecule has 0 radical (unpaired) electrons. The minimum Gasteiger partial charge on any atom is -0.466 e. The van der Waals surface area contributed by atoms with Crippen molar-refractivity contribution in [3.63, 3.8) is 0 Å². The van der Waals surface area contributed by atoms with Gasteiger partial charge in [-0.2, -0.15) is 0 Å². The lowest BCUT2D eigenvalue weighted by molar-refractivity contribution is -0.385. The van der Waals surface area contributed by atoms with Gasteiger partial charge >= 0.3 is 5.97 Å². The second-order valence-corrected chi connectivity index (χ2v) is 4.96. The number of anilines is 1. The zero-order valence-corrected chi connectivity index (χ0v) is 11.8. The first-order chi connectivity index (χ1) is 10.0. The average molecular weight is 296 g/mol. The first kappa shape index (κ1) is 15.2. The van der Waals surface area contributed by atoms with Gasteiger partial charge in [0.1, 0.15) is 5.82 Å². The number of piperidine rings is 1. The lowest BCUT2D eigenvalue weighted by Crippen LogP contribution is -2.39. The number of nitrogens with zero attached hydrogens (tertiary/aromatic N) is 2. The van der Waals surface area contributed by atoms with E-state index in [1.807, 2.05) is 0 Å². The number of hydrogen-bond donors (Lipinski definition) is 0. The maximum Gasteiger partial charge on any atom is 0.310 e. The molecule has 0 saturated carbocycles. The third-order valence-electron chi connectivity index (χ3n) is 3.48. The number of ether oxygens (including phenoxy) is 1. The van der Waals surface area contributed by atoms with E-state index in [9.17, 15) is 19.3 Å². The Balaban J connectivity index is 2.17. The fourth-order valence-electron chi connectivity index (χ4n) is 2.51. The van der Waals surface area contributed by atoms with E-state index < -0.39 is 10.7 Å². The van der Waals surface area contributed by atoms with E-state index >= 15 is 0 Å². The third kappa shape index (κ3) is 3.68. The smallest absolute Gasteiger partial charge is 0.310 e. The predicted octanol–water partition coefficient (Wildman–Crippen LogP) is 2.51. The molecule has 1 aromatic rings. The lowest BCUT2D eigenvalue weighted by atomic mass is 9.97. The Morgan fingerprint density at radius 1 is 1.52 bits per heavy atom. The number of halogens is 1. The fourth-order valence-corrected chi connectivity index (χ4v) is 2.51. The summed E-state index contributed by atoms with van der Waals surface area (Å²) in [5, 5.41) is 10.8. The summed E-state index contributed by atoms with van der Waals surface area (Å²) in [5.74, 6) is -1.20. The molecular formula is C14H17FN2O4. The molecule has 0 N–H and O–H groups in total. The minimum atomic E-state index is -0.655. The molecule has 1 aliphatic heterocycles. The SMILES string of the molecule is CCOC(=O)C1CCCN(c2cc(F)cc([N+](=O)[O-])c2)C1. The number of nitro groups is 1. The van der Waals surface area contributed by atoms with Crippen molar-refractivity contribution in [1.29, 1.82) is 0 Å². The summed E-state index contributed by atoms with van der Waals surface area (Å²) in [5.41, 5.74) is 0.138. The molecular weight excluding hydrogens is 279 g/mol. The van der Waals surface area contributed by atoms with E-state index in [0.29, 0.717) is 31.8 Å². The van der Waals surface area contributed by atoms with Crippen LogP contribution < -0.4 is 4.90 Å². The van der Waals surface area contributed by atoms with Gasteiger partial charge in [0, 0.05) is 24.8 Å². The molecule has 1 atom stereocenters. The maximum atomic E-state index is 13.5. The summed E-state index contributed by atoms with van der Waals surface area (Å²) in [4.78, 5) is 23.7. The Bertz CT molecular complexity index is 550. The Morgan fingerprint density at radius 2 is 2.29 bits per heavy atom. The van der Waals surface area contributed by atoms with Crippen LogP contribution in [0, 0.1) is 21.8 Å². The molecule has 7 heteroatoms. The second kappa shape index (κ2) is 6.51. The van der Waals surface area contributed by atoms with Crippen LogP contribution in [0.4, 0.5) is 15.8 Å². The highest BCUT2D eigenvalue weighted by Crippen LogP contribution is 2.28. The number of carbonyl (C=O) groups is 1. The van der Waals surface area contributed by atoms with Crippen molar-refractivity contribution in [2.45, 2.75) is 19.8 Å². The second-order valence-electron chi connectivity index (χ2n) is 4.96. The molecule has 1 aromatic carbocycles. The topological polar surface area (TPSA) is 72.7 Å². The van der Waals surface area contributed by atoms with Crippen LogP contribution in [-0.4, -0.2) is 30.6 Å². The normalized spacial score (nSPS) is 18.4. The van der Waals surface area contributed by atoms with Crippen LogP contribution in [0.5, 0.6) is 0 Å². The number of esters is 1. The number of non-ortho nitro benzene ring substituents is 1. The molecule has 1 saturated heterocycles. The maximum absolute atomic E-state index is 13.5. The number of nitro benzene ring substituents is 1. The Kier molecular flexibility index (Phi) is 4.72. The van der Waals surface area contributed by atoms with Crippen molar-refractivity contribution < 1.29 is 18.8 Å². The Labute approximate surface area is 121 Å². The first-order valence-electron chi connectivity index (χ1n) is 6.88. The van der Waals surface area contributed by atoms with Crippen LogP contribution in [0.1, 0.15) is 19.8 Å². The van der Waals surface area contributed by atoms with Crippen molar-refractivity contribution in [2.75, 3.05) is 24.6 Å². The highest BCUT2D eigenvalue weighted by Gasteiger charge is 2.27. The zero-order chi connectivity index (χ0) is 15.4. The van der Waals surface area contributed by atoms with E-state index in [2.05, 4.69) is 0 Å². The van der Waals surface area contributed by atoms with Gasteiger partial charge in [-0.15, -0.1) is 0 Å². The van der Waals surface area contributed by atoms with E-state index in [1.165, 1.54) is 12.1 Å². The van der Waals surface area contributed by atoms with Gasteiger partial charge in [0.05, 0.1) is 23.5 Å². The van der Waals surface area contributed by atoms with Gasteiger partial charge < -0.3 is 9.64 Å². The molecule has 1 aliphatic rings. The molecule has 0 bridgehead atoms. The number of benzene rings is 1. The van der Waals surface area contributed by atoms with Gasteiger partial charge in [-0.3, -0.25) is 14.9 Å². The van der Waals surface area contributed by atoms with Crippen molar-refractivity contribution in [3.8, 4) is 0 Å². The van der Waals surface area contributed by atoms with Crippen molar-refractivity contribution in [1.82, 2.24) is 0 Å². The van der Waals surface area contributed by atoms with Gasteiger partial charge in [-0.05, 0) is 25.8 Å². The molecule has 114 valence electrons. The number of rotatable bonds is 4. The largest absolute Gasteiger partial charge is 0.466 e. The van der Waals surface area contributed by atoms with E-state index in [0.717, 1.165) is 12.5 Å². The van der Waals surface area contributed by atoms with Crippen LogP contribution in [0.15, 0.2) is 18.2 Å². The monoisotopic (exact) mass is 296 g/mol. The van der Waals surface area contributed by atoms with Gasteiger partial charge in [0.2, 0.25) is 0 Å². The predicted molar refractivity (Wildman–Crippen MR) is 74.6 cm³/mol. The third-order valence-corrected chi connectivity index (χ3v) is 3.48. The molecule has 0 aliphatic carbocycles. The van der Waals surface area contributed by atoms with Gasteiger partial charge in [0.15, 0.2) is 0 Å². The fraction of sp³-hybridized carbons (Fsp3) is 0.500. The average Bonchev–Trinajstić information content (AvgIpc) is 2.47. The lowest BCUT2D eigenvalue weighted by Gasteiger charge is -2.33. The number of hydrogen-bond acceptors (Lipinski definition) is 5. The summed E-state index contributed by atoms with van der Waals surface area (Å²) in [6.07, 6.45) is 1.47. The van der Waals surface area contributed by atoms with Crippen LogP contribution >= 0.6 is 0 Å². The molecule has 1 fully saturated rings. The van der Waals surface area contributed by atoms with Crippen molar-refractivity contribution in [3.05, 3.63) is 34.1 Å². The quantitative estimate of drug-likeness (QED) is 0.485. The summed E-state index contributed by atoms with van der Waals surface area (Å²) >= 11 is 0. The summed E-state index contributed by atoms with van der Waals surface area (Å²) < 4.78 is 18.5. The molecule has 1 heterocycles. The van der Waals surface area contributed by atoms with Crippen molar-refractivity contribution in [2.24, 2.45) is 5.92 Å². The molecule has 2 rings (SSSR count). The van der Waals surface area contributed by atoms with Gasteiger partial charge in [-0.25, -0.2) is 4.39 Å². The standard InChI is InChI=1S/C14H17FN2O4/c1-2-21-14(18)10-4-3-5-16(9-10)12-6-11(15)7-13(8-12)17(19)20/h6-8,10H,2-5,9H2,1H3. The zero-order valence-electron chi connectivity index (χ0n) is 11.8. The first-order valence-corrected chi connectivity index (χ1v) is 6.88. The molecule has 0 spiro atoms. The summed E-state index contributed by atoms with van der Waals surface area (Å²) in [7, 11) is 0. The summed E-state index contributed by atoms with van der Waals surface area (Å²) in [6, 6.07) is 3.47. The van der Waals surface area contributed by atoms with Gasteiger partial charge in [-0.1, -0.05) is 0 Å².